The summed E-state index contributed by atoms with van der Waals surface area (Å²) in [6, 6.07) is 11.8. The second kappa shape index (κ2) is 6.89. The Morgan fingerprint density at radius 1 is 1.13 bits per heavy atom. The van der Waals surface area contributed by atoms with Crippen LogP contribution in [0.25, 0.3) is 17.3 Å². The van der Waals surface area contributed by atoms with Crippen molar-refractivity contribution in [3.63, 3.8) is 0 Å². The van der Waals surface area contributed by atoms with Gasteiger partial charge in [0, 0.05) is 32.5 Å². The summed E-state index contributed by atoms with van der Waals surface area (Å²) in [7, 11) is 0. The highest BCUT2D eigenvalue weighted by atomic mass is 32.1. The monoisotopic (exact) mass is 340 g/mol. The number of benzene rings is 1. The third kappa shape index (κ3) is 4.15. The number of aryl methyl sites for hydroxylation is 2. The van der Waals surface area contributed by atoms with Gasteiger partial charge in [-0.2, -0.15) is 0 Å². The Hall–Kier alpha value is -2.24. The molecule has 116 valence electrons. The van der Waals surface area contributed by atoms with Crippen LogP contribution in [0.3, 0.4) is 0 Å². The quantitative estimate of drug-likeness (QED) is 0.668. The zero-order valence-corrected chi connectivity index (χ0v) is 14.5. The molecule has 23 heavy (non-hydrogen) atoms. The Bertz CT molecular complexity index is 844. The fourth-order valence-corrected chi connectivity index (χ4v) is 3.51. The number of thiazole rings is 1. The standard InChI is InChI=1S/C18H16N2OS2/c1-12-3-8-16(23-12)9-10-18(21)20-15-6-4-14(5-7-15)17-11-22-13(2)19-17/h3-11H,1-2H3,(H,20,21)/b10-9+. The smallest absolute Gasteiger partial charge is 0.248 e. The summed E-state index contributed by atoms with van der Waals surface area (Å²) < 4.78 is 0. The summed E-state index contributed by atoms with van der Waals surface area (Å²) in [4.78, 5) is 18.7. The molecule has 2 heterocycles. The molecule has 0 saturated carbocycles. The molecular weight excluding hydrogens is 324 g/mol. The lowest BCUT2D eigenvalue weighted by molar-refractivity contribution is -0.111. The van der Waals surface area contributed by atoms with Crippen molar-refractivity contribution in [2.45, 2.75) is 13.8 Å². The van der Waals surface area contributed by atoms with E-state index in [9.17, 15) is 4.79 Å². The number of hydrogen-bond donors (Lipinski definition) is 1. The summed E-state index contributed by atoms with van der Waals surface area (Å²) in [5.74, 6) is -0.131. The van der Waals surface area contributed by atoms with Crippen LogP contribution < -0.4 is 5.32 Å². The average Bonchev–Trinajstić information content (AvgIpc) is 3.15. The van der Waals surface area contributed by atoms with E-state index in [0.717, 1.165) is 26.8 Å². The van der Waals surface area contributed by atoms with Crippen molar-refractivity contribution >= 4 is 40.3 Å². The Labute approximate surface area is 143 Å². The van der Waals surface area contributed by atoms with Gasteiger partial charge in [0.2, 0.25) is 5.91 Å². The fourth-order valence-electron chi connectivity index (χ4n) is 2.11. The van der Waals surface area contributed by atoms with Gasteiger partial charge < -0.3 is 5.32 Å². The number of amides is 1. The highest BCUT2D eigenvalue weighted by molar-refractivity contribution is 7.12. The van der Waals surface area contributed by atoms with Gasteiger partial charge in [-0.05, 0) is 44.2 Å². The Morgan fingerprint density at radius 2 is 1.91 bits per heavy atom. The maximum atomic E-state index is 11.9. The molecule has 1 N–H and O–H groups in total. The first kappa shape index (κ1) is 15.6. The second-order valence-electron chi connectivity index (χ2n) is 5.10. The molecule has 0 unspecified atom stereocenters. The van der Waals surface area contributed by atoms with Crippen LogP contribution in [0.2, 0.25) is 0 Å². The molecule has 0 bridgehead atoms. The van der Waals surface area contributed by atoms with Gasteiger partial charge in [0.05, 0.1) is 10.7 Å². The predicted octanol–water partition coefficient (Wildman–Crippen LogP) is 5.14. The number of carbonyl (C=O) groups is 1. The Balaban J connectivity index is 1.63. The van der Waals surface area contributed by atoms with Crippen LogP contribution in [-0.2, 0) is 4.79 Å². The normalized spacial score (nSPS) is 11.0. The highest BCUT2D eigenvalue weighted by Crippen LogP contribution is 2.23. The van der Waals surface area contributed by atoms with Gasteiger partial charge in [-0.1, -0.05) is 12.1 Å². The summed E-state index contributed by atoms with van der Waals surface area (Å²) >= 11 is 3.30. The number of nitrogens with one attached hydrogen (secondary N) is 1. The van der Waals surface area contributed by atoms with E-state index >= 15 is 0 Å². The zero-order valence-electron chi connectivity index (χ0n) is 12.9. The molecule has 0 radical (unpaired) electrons. The van der Waals surface area contributed by atoms with Crippen molar-refractivity contribution in [3.05, 3.63) is 62.6 Å². The van der Waals surface area contributed by atoms with E-state index in [0.29, 0.717) is 0 Å². The molecule has 5 heteroatoms. The largest absolute Gasteiger partial charge is 0.323 e. The number of nitrogens with zero attached hydrogens (tertiary/aromatic N) is 1. The minimum Gasteiger partial charge on any atom is -0.323 e. The van der Waals surface area contributed by atoms with E-state index in [1.54, 1.807) is 28.7 Å². The maximum Gasteiger partial charge on any atom is 0.248 e. The molecule has 2 aromatic heterocycles. The number of aromatic nitrogens is 1. The molecule has 1 aromatic carbocycles. The summed E-state index contributed by atoms with van der Waals surface area (Å²) in [6.45, 7) is 4.04. The van der Waals surface area contributed by atoms with E-state index in [1.165, 1.54) is 4.88 Å². The van der Waals surface area contributed by atoms with Crippen LogP contribution in [0.5, 0.6) is 0 Å². The molecule has 0 aliphatic rings. The van der Waals surface area contributed by atoms with E-state index in [-0.39, 0.29) is 5.91 Å². The van der Waals surface area contributed by atoms with E-state index < -0.39 is 0 Å². The number of rotatable bonds is 4. The topological polar surface area (TPSA) is 42.0 Å². The van der Waals surface area contributed by atoms with Crippen LogP contribution in [-0.4, -0.2) is 10.9 Å². The van der Waals surface area contributed by atoms with Gasteiger partial charge >= 0.3 is 0 Å². The van der Waals surface area contributed by atoms with Gasteiger partial charge in [-0.3, -0.25) is 4.79 Å². The van der Waals surface area contributed by atoms with Crippen molar-refractivity contribution in [3.8, 4) is 11.3 Å². The van der Waals surface area contributed by atoms with Crippen molar-refractivity contribution in [1.29, 1.82) is 0 Å². The molecule has 0 atom stereocenters. The van der Waals surface area contributed by atoms with Gasteiger partial charge in [-0.15, -0.1) is 22.7 Å². The van der Waals surface area contributed by atoms with Crippen molar-refractivity contribution in [1.82, 2.24) is 4.98 Å². The SMILES string of the molecule is Cc1ccc(/C=C/C(=O)Nc2ccc(-c3csc(C)n3)cc2)s1. The third-order valence-corrected chi connectivity index (χ3v) is 4.97. The minimum absolute atomic E-state index is 0.131. The van der Waals surface area contributed by atoms with Crippen molar-refractivity contribution < 1.29 is 4.79 Å². The lowest BCUT2D eigenvalue weighted by Gasteiger charge is -2.03. The molecule has 0 aliphatic heterocycles. The molecule has 3 nitrogen and oxygen atoms in total. The van der Waals surface area contributed by atoms with E-state index in [2.05, 4.69) is 10.3 Å². The molecule has 0 spiro atoms. The molecular formula is C18H16N2OS2. The van der Waals surface area contributed by atoms with Crippen molar-refractivity contribution in [2.24, 2.45) is 0 Å². The predicted molar refractivity (Wildman–Crippen MR) is 99.0 cm³/mol. The first-order valence-electron chi connectivity index (χ1n) is 7.18. The summed E-state index contributed by atoms with van der Waals surface area (Å²) in [5, 5.41) is 5.95. The summed E-state index contributed by atoms with van der Waals surface area (Å²) in [5.41, 5.74) is 2.80. The number of thiophene rings is 1. The Morgan fingerprint density at radius 3 is 2.52 bits per heavy atom. The first-order chi connectivity index (χ1) is 11.1. The van der Waals surface area contributed by atoms with Gasteiger partial charge in [0.25, 0.3) is 0 Å². The maximum absolute atomic E-state index is 11.9. The van der Waals surface area contributed by atoms with Crippen LogP contribution in [0.1, 0.15) is 14.8 Å². The van der Waals surface area contributed by atoms with Crippen molar-refractivity contribution in [2.75, 3.05) is 5.32 Å². The molecule has 3 rings (SSSR count). The van der Waals surface area contributed by atoms with Gasteiger partial charge in [-0.25, -0.2) is 4.98 Å². The molecule has 0 saturated heterocycles. The Kier molecular flexibility index (Phi) is 4.69. The first-order valence-corrected chi connectivity index (χ1v) is 8.88. The lowest BCUT2D eigenvalue weighted by atomic mass is 10.1. The molecule has 0 fully saturated rings. The summed E-state index contributed by atoms with van der Waals surface area (Å²) in [6.07, 6.45) is 3.39. The molecule has 1 amide bonds. The van der Waals surface area contributed by atoms with E-state index in [1.807, 2.05) is 61.7 Å². The zero-order chi connectivity index (χ0) is 16.2. The number of anilines is 1. The van der Waals surface area contributed by atoms with Crippen LogP contribution in [0, 0.1) is 13.8 Å². The number of hydrogen-bond acceptors (Lipinski definition) is 4. The fraction of sp³-hybridized carbons (Fsp3) is 0.111. The highest BCUT2D eigenvalue weighted by Gasteiger charge is 2.03. The molecule has 0 aliphatic carbocycles. The van der Waals surface area contributed by atoms with Gasteiger partial charge in [0.15, 0.2) is 0 Å². The third-order valence-electron chi connectivity index (χ3n) is 3.23. The molecule has 3 aromatic rings. The average molecular weight is 340 g/mol. The minimum atomic E-state index is -0.131. The second-order valence-corrected chi connectivity index (χ2v) is 7.48. The van der Waals surface area contributed by atoms with E-state index in [4.69, 9.17) is 0 Å². The van der Waals surface area contributed by atoms with Crippen LogP contribution >= 0.6 is 22.7 Å². The number of carbonyl (C=O) groups excluding carboxylic acids is 1. The van der Waals surface area contributed by atoms with Crippen LogP contribution in [0.15, 0.2) is 47.9 Å². The lowest BCUT2D eigenvalue weighted by Crippen LogP contribution is -2.07. The van der Waals surface area contributed by atoms with Gasteiger partial charge in [0.1, 0.15) is 0 Å². The van der Waals surface area contributed by atoms with Crippen LogP contribution in [0.4, 0.5) is 5.69 Å².